The molecule has 0 aliphatic rings. The summed E-state index contributed by atoms with van der Waals surface area (Å²) in [5, 5.41) is 8.16. The second-order valence-corrected chi connectivity index (χ2v) is 7.67. The molecule has 0 atom stereocenters. The molecule has 21 heavy (non-hydrogen) atoms. The third kappa shape index (κ3) is 3.18. The van der Waals surface area contributed by atoms with E-state index in [0.29, 0.717) is 31.0 Å². The number of hydrogen-bond acceptors (Lipinski definition) is 5. The predicted octanol–water partition coefficient (Wildman–Crippen LogP) is 1.34. The van der Waals surface area contributed by atoms with E-state index in [1.807, 2.05) is 16.8 Å². The fraction of sp³-hybridized carbons (Fsp3) is 0.462. The number of rotatable bonds is 6. The number of thiophene rings is 1. The summed E-state index contributed by atoms with van der Waals surface area (Å²) in [6.45, 7) is 4.77. The van der Waals surface area contributed by atoms with Gasteiger partial charge in [0.1, 0.15) is 4.90 Å². The molecule has 0 amide bonds. The van der Waals surface area contributed by atoms with Gasteiger partial charge >= 0.3 is 0 Å². The minimum Gasteiger partial charge on any atom is -0.329 e. The summed E-state index contributed by atoms with van der Waals surface area (Å²) < 4.78 is 28.5. The van der Waals surface area contributed by atoms with E-state index in [4.69, 9.17) is 5.73 Å². The lowest BCUT2D eigenvalue weighted by Gasteiger charge is -2.17. The van der Waals surface area contributed by atoms with Crippen LogP contribution in [0.3, 0.4) is 0 Å². The van der Waals surface area contributed by atoms with Crippen molar-refractivity contribution in [2.75, 3.05) is 13.6 Å². The van der Waals surface area contributed by atoms with Crippen molar-refractivity contribution < 1.29 is 8.42 Å². The number of aryl methyl sites for hydroxylation is 1. The van der Waals surface area contributed by atoms with E-state index >= 15 is 0 Å². The van der Waals surface area contributed by atoms with Gasteiger partial charge in [-0.15, -0.1) is 0 Å². The molecule has 0 bridgehead atoms. The first-order chi connectivity index (χ1) is 9.87. The second-order valence-electron chi connectivity index (χ2n) is 4.90. The minimum atomic E-state index is -3.56. The van der Waals surface area contributed by atoms with E-state index in [1.54, 1.807) is 36.9 Å². The Morgan fingerprint density at radius 1 is 1.43 bits per heavy atom. The number of nitrogens with two attached hydrogens (primary N) is 1. The molecule has 0 saturated carbocycles. The summed E-state index contributed by atoms with van der Waals surface area (Å²) in [6.07, 6.45) is 0. The van der Waals surface area contributed by atoms with Gasteiger partial charge in [0.25, 0.3) is 0 Å². The average molecular weight is 328 g/mol. The van der Waals surface area contributed by atoms with Crippen LogP contribution in [0.4, 0.5) is 0 Å². The van der Waals surface area contributed by atoms with Gasteiger partial charge in [0, 0.05) is 20.1 Å². The zero-order valence-corrected chi connectivity index (χ0v) is 14.0. The molecule has 0 aromatic carbocycles. The van der Waals surface area contributed by atoms with Crippen LogP contribution in [0.25, 0.3) is 0 Å². The Kier molecular flexibility index (Phi) is 4.82. The van der Waals surface area contributed by atoms with Gasteiger partial charge in [0.2, 0.25) is 10.0 Å². The van der Waals surface area contributed by atoms with Crippen LogP contribution in [0, 0.1) is 13.8 Å². The third-order valence-electron chi connectivity index (χ3n) is 3.31. The number of nitrogens with zero attached hydrogens (tertiary/aromatic N) is 3. The third-order valence-corrected chi connectivity index (χ3v) is 6.10. The van der Waals surface area contributed by atoms with E-state index in [1.165, 1.54) is 4.31 Å². The van der Waals surface area contributed by atoms with Crippen LogP contribution in [-0.4, -0.2) is 36.1 Å². The molecule has 2 aromatic rings. The molecule has 0 fully saturated rings. The van der Waals surface area contributed by atoms with Crippen LogP contribution in [0.2, 0.25) is 0 Å². The smallest absolute Gasteiger partial charge is 0.246 e. The highest BCUT2D eigenvalue weighted by atomic mass is 32.2. The van der Waals surface area contributed by atoms with Gasteiger partial charge in [-0.25, -0.2) is 8.42 Å². The first-order valence-electron chi connectivity index (χ1n) is 6.59. The van der Waals surface area contributed by atoms with Gasteiger partial charge in [-0.1, -0.05) is 0 Å². The van der Waals surface area contributed by atoms with E-state index in [0.717, 1.165) is 5.56 Å². The molecule has 0 saturated heterocycles. The normalized spacial score (nSPS) is 12.2. The van der Waals surface area contributed by atoms with Gasteiger partial charge in [0.05, 0.1) is 17.9 Å². The van der Waals surface area contributed by atoms with Crippen molar-refractivity contribution in [1.82, 2.24) is 14.1 Å². The van der Waals surface area contributed by atoms with E-state index in [2.05, 4.69) is 5.10 Å². The maximum atomic E-state index is 12.8. The summed E-state index contributed by atoms with van der Waals surface area (Å²) in [6, 6.07) is 1.92. The topological polar surface area (TPSA) is 81.2 Å². The molecule has 0 radical (unpaired) electrons. The van der Waals surface area contributed by atoms with Crippen molar-refractivity contribution in [2.24, 2.45) is 5.73 Å². The maximum absolute atomic E-state index is 12.8. The molecule has 0 unspecified atom stereocenters. The van der Waals surface area contributed by atoms with Crippen molar-refractivity contribution in [1.29, 1.82) is 0 Å². The lowest BCUT2D eigenvalue weighted by molar-refractivity contribution is 0.466. The van der Waals surface area contributed by atoms with E-state index in [-0.39, 0.29) is 4.90 Å². The molecule has 2 heterocycles. The quantitative estimate of drug-likeness (QED) is 0.867. The summed E-state index contributed by atoms with van der Waals surface area (Å²) in [4.78, 5) is 0.286. The lowest BCUT2D eigenvalue weighted by Crippen LogP contribution is -2.27. The summed E-state index contributed by atoms with van der Waals surface area (Å²) >= 11 is 1.55. The van der Waals surface area contributed by atoms with Gasteiger partial charge in [-0.2, -0.15) is 20.7 Å². The zero-order chi connectivity index (χ0) is 15.6. The van der Waals surface area contributed by atoms with Crippen LogP contribution in [0.15, 0.2) is 21.7 Å². The van der Waals surface area contributed by atoms with Crippen LogP contribution in [0.5, 0.6) is 0 Å². The van der Waals surface area contributed by atoms with Crippen LogP contribution < -0.4 is 5.73 Å². The van der Waals surface area contributed by atoms with Crippen LogP contribution >= 0.6 is 11.3 Å². The van der Waals surface area contributed by atoms with Crippen LogP contribution in [-0.2, 0) is 23.1 Å². The highest BCUT2D eigenvalue weighted by molar-refractivity contribution is 7.89. The van der Waals surface area contributed by atoms with E-state index < -0.39 is 10.0 Å². The Morgan fingerprint density at radius 2 is 2.14 bits per heavy atom. The fourth-order valence-corrected chi connectivity index (χ4v) is 4.46. The molecule has 0 spiro atoms. The Hall–Kier alpha value is -1.22. The number of aromatic nitrogens is 2. The van der Waals surface area contributed by atoms with Crippen molar-refractivity contribution in [2.45, 2.75) is 31.8 Å². The Labute approximate surface area is 129 Å². The largest absolute Gasteiger partial charge is 0.329 e. The molecule has 8 heteroatoms. The predicted molar refractivity (Wildman–Crippen MR) is 83.7 cm³/mol. The molecule has 0 aliphatic heterocycles. The number of hydrogen-bond donors (Lipinski definition) is 1. The monoisotopic (exact) mass is 328 g/mol. The summed E-state index contributed by atoms with van der Waals surface area (Å²) in [5.74, 6) is 0. The lowest BCUT2D eigenvalue weighted by atomic mass is 10.3. The minimum absolute atomic E-state index is 0.286. The van der Waals surface area contributed by atoms with Gasteiger partial charge < -0.3 is 5.73 Å². The highest BCUT2D eigenvalue weighted by Crippen LogP contribution is 2.24. The Balaban J connectivity index is 2.35. The zero-order valence-electron chi connectivity index (χ0n) is 12.4. The standard InChI is InChI=1S/C13H20N4O2S2/c1-10-13(11(2)17(15-10)6-5-14)21(18,19)16(3)8-12-4-7-20-9-12/h4,7,9H,5-6,8,14H2,1-3H3. The summed E-state index contributed by atoms with van der Waals surface area (Å²) in [7, 11) is -1.97. The van der Waals surface area contributed by atoms with Crippen molar-refractivity contribution in [3.8, 4) is 0 Å². The van der Waals surface area contributed by atoms with Gasteiger partial charge in [-0.05, 0) is 36.2 Å². The molecule has 2 aromatic heterocycles. The Bertz CT molecular complexity index is 705. The molecule has 2 rings (SSSR count). The van der Waals surface area contributed by atoms with Crippen molar-refractivity contribution in [3.05, 3.63) is 33.8 Å². The Morgan fingerprint density at radius 3 is 2.71 bits per heavy atom. The fourth-order valence-electron chi connectivity index (χ4n) is 2.27. The molecule has 6 nitrogen and oxygen atoms in total. The maximum Gasteiger partial charge on any atom is 0.246 e. The first kappa shape index (κ1) is 16.2. The van der Waals surface area contributed by atoms with E-state index in [9.17, 15) is 8.42 Å². The first-order valence-corrected chi connectivity index (χ1v) is 8.97. The van der Waals surface area contributed by atoms with Crippen LogP contribution in [0.1, 0.15) is 17.0 Å². The molecule has 0 aliphatic carbocycles. The average Bonchev–Trinajstić information content (AvgIpc) is 2.99. The van der Waals surface area contributed by atoms with Gasteiger partial charge in [-0.3, -0.25) is 4.68 Å². The van der Waals surface area contributed by atoms with Gasteiger partial charge in [0.15, 0.2) is 0 Å². The SMILES string of the molecule is Cc1nn(CCN)c(C)c1S(=O)(=O)N(C)Cc1ccsc1. The molecular weight excluding hydrogens is 308 g/mol. The van der Waals surface area contributed by atoms with Crippen molar-refractivity contribution in [3.63, 3.8) is 0 Å². The summed E-state index contributed by atoms with van der Waals surface area (Å²) in [5.41, 5.74) is 7.66. The molecule has 116 valence electrons. The number of sulfonamides is 1. The second kappa shape index (κ2) is 6.27. The highest BCUT2D eigenvalue weighted by Gasteiger charge is 2.28. The van der Waals surface area contributed by atoms with Crippen molar-refractivity contribution >= 4 is 21.4 Å². The molecular formula is C13H20N4O2S2. The molecule has 2 N–H and O–H groups in total.